The third kappa shape index (κ3) is 3.26. The lowest BCUT2D eigenvalue weighted by Crippen LogP contribution is -2.22. The monoisotopic (exact) mass is 267 g/mol. The first-order valence-electron chi connectivity index (χ1n) is 4.31. The number of hydrogen-bond donors (Lipinski definition) is 2. The minimum absolute atomic E-state index is 0.0566. The minimum atomic E-state index is -0.436. The standard InChI is InChI=1S/C10H10BrN3O/c11-8-3-1-2-7(4-5-12)10(8)14-6-9(13)15/h1-3,14H,4,6H2,(H2,13,15). The van der Waals surface area contributed by atoms with Crippen LogP contribution in [-0.2, 0) is 11.2 Å². The van der Waals surface area contributed by atoms with Crippen LogP contribution in [0.3, 0.4) is 0 Å². The molecule has 1 rings (SSSR count). The second-order valence-corrected chi connectivity index (χ2v) is 3.78. The van der Waals surface area contributed by atoms with Gasteiger partial charge in [-0.1, -0.05) is 12.1 Å². The number of nitrogens with one attached hydrogen (secondary N) is 1. The van der Waals surface area contributed by atoms with Gasteiger partial charge in [-0.3, -0.25) is 4.79 Å². The molecule has 3 N–H and O–H groups in total. The van der Waals surface area contributed by atoms with Gasteiger partial charge in [-0.05, 0) is 27.6 Å². The Bertz CT molecular complexity index is 412. The van der Waals surface area contributed by atoms with Gasteiger partial charge in [0.15, 0.2) is 0 Å². The summed E-state index contributed by atoms with van der Waals surface area (Å²) in [6.45, 7) is 0.0566. The number of rotatable bonds is 4. The highest BCUT2D eigenvalue weighted by Crippen LogP contribution is 2.26. The van der Waals surface area contributed by atoms with Gasteiger partial charge in [0.2, 0.25) is 5.91 Å². The molecule has 0 spiro atoms. The van der Waals surface area contributed by atoms with E-state index in [0.717, 1.165) is 15.7 Å². The molecule has 5 heteroatoms. The van der Waals surface area contributed by atoms with Crippen molar-refractivity contribution >= 4 is 27.5 Å². The highest BCUT2D eigenvalue weighted by atomic mass is 79.9. The van der Waals surface area contributed by atoms with E-state index in [1.54, 1.807) is 0 Å². The van der Waals surface area contributed by atoms with E-state index in [0.29, 0.717) is 6.42 Å². The van der Waals surface area contributed by atoms with Crippen molar-refractivity contribution in [3.05, 3.63) is 28.2 Å². The molecule has 0 heterocycles. The summed E-state index contributed by atoms with van der Waals surface area (Å²) < 4.78 is 0.816. The minimum Gasteiger partial charge on any atom is -0.375 e. The van der Waals surface area contributed by atoms with Crippen LogP contribution in [0.1, 0.15) is 5.56 Å². The van der Waals surface area contributed by atoms with Gasteiger partial charge in [-0.25, -0.2) is 0 Å². The van der Waals surface area contributed by atoms with Gasteiger partial charge in [0.25, 0.3) is 0 Å². The van der Waals surface area contributed by atoms with Gasteiger partial charge in [0.05, 0.1) is 24.7 Å². The van der Waals surface area contributed by atoms with E-state index in [2.05, 4.69) is 27.3 Å². The van der Waals surface area contributed by atoms with Crippen molar-refractivity contribution in [1.29, 1.82) is 5.26 Å². The second kappa shape index (κ2) is 5.37. The summed E-state index contributed by atoms with van der Waals surface area (Å²) >= 11 is 3.34. The topological polar surface area (TPSA) is 78.9 Å². The second-order valence-electron chi connectivity index (χ2n) is 2.93. The van der Waals surface area contributed by atoms with Crippen molar-refractivity contribution in [3.63, 3.8) is 0 Å². The summed E-state index contributed by atoms with van der Waals surface area (Å²) in [5.41, 5.74) is 6.62. The number of primary amides is 1. The molecule has 0 unspecified atom stereocenters. The molecule has 0 atom stereocenters. The Morgan fingerprint density at radius 2 is 2.33 bits per heavy atom. The average molecular weight is 268 g/mol. The fourth-order valence-electron chi connectivity index (χ4n) is 1.17. The smallest absolute Gasteiger partial charge is 0.236 e. The number of carbonyl (C=O) groups is 1. The first-order valence-corrected chi connectivity index (χ1v) is 5.11. The fourth-order valence-corrected chi connectivity index (χ4v) is 1.72. The van der Waals surface area contributed by atoms with Crippen LogP contribution in [0.4, 0.5) is 5.69 Å². The highest BCUT2D eigenvalue weighted by molar-refractivity contribution is 9.10. The van der Waals surface area contributed by atoms with Crippen LogP contribution in [0.5, 0.6) is 0 Å². The first kappa shape index (κ1) is 11.5. The number of anilines is 1. The Balaban J connectivity index is 2.92. The molecular weight excluding hydrogens is 258 g/mol. The van der Waals surface area contributed by atoms with Gasteiger partial charge in [-0.2, -0.15) is 5.26 Å². The maximum absolute atomic E-state index is 10.6. The van der Waals surface area contributed by atoms with Crippen LogP contribution >= 0.6 is 15.9 Å². The van der Waals surface area contributed by atoms with E-state index in [9.17, 15) is 4.79 Å². The molecule has 0 radical (unpaired) electrons. The van der Waals surface area contributed by atoms with Gasteiger partial charge in [0, 0.05) is 4.47 Å². The molecule has 0 bridgehead atoms. The summed E-state index contributed by atoms with van der Waals surface area (Å²) in [5.74, 6) is -0.436. The quantitative estimate of drug-likeness (QED) is 0.866. The number of para-hydroxylation sites is 1. The summed E-state index contributed by atoms with van der Waals surface area (Å²) in [4.78, 5) is 10.6. The van der Waals surface area contributed by atoms with Crippen molar-refractivity contribution in [1.82, 2.24) is 0 Å². The van der Waals surface area contributed by atoms with Crippen molar-refractivity contribution < 1.29 is 4.79 Å². The maximum atomic E-state index is 10.6. The van der Waals surface area contributed by atoms with Gasteiger partial charge >= 0.3 is 0 Å². The van der Waals surface area contributed by atoms with Crippen LogP contribution in [-0.4, -0.2) is 12.5 Å². The maximum Gasteiger partial charge on any atom is 0.236 e. The molecule has 15 heavy (non-hydrogen) atoms. The number of benzene rings is 1. The Morgan fingerprint density at radius 3 is 2.93 bits per heavy atom. The number of hydrogen-bond acceptors (Lipinski definition) is 3. The SMILES string of the molecule is N#CCc1cccc(Br)c1NCC(N)=O. The molecule has 0 aliphatic heterocycles. The Kier molecular flexibility index (Phi) is 4.13. The average Bonchev–Trinajstić information content (AvgIpc) is 2.17. The zero-order valence-electron chi connectivity index (χ0n) is 7.96. The fraction of sp³-hybridized carbons (Fsp3) is 0.200. The molecule has 0 fully saturated rings. The van der Waals surface area contributed by atoms with Gasteiger partial charge in [0.1, 0.15) is 0 Å². The molecule has 0 aliphatic rings. The molecule has 0 aliphatic carbocycles. The Labute approximate surface area is 96.2 Å². The zero-order valence-corrected chi connectivity index (χ0v) is 9.54. The molecule has 4 nitrogen and oxygen atoms in total. The number of carbonyl (C=O) groups excluding carboxylic acids is 1. The third-order valence-corrected chi connectivity index (χ3v) is 2.47. The van der Waals surface area contributed by atoms with Crippen molar-refractivity contribution in [2.75, 3.05) is 11.9 Å². The predicted molar refractivity (Wildman–Crippen MR) is 61.1 cm³/mol. The Hall–Kier alpha value is -1.54. The number of halogens is 1. The first-order chi connectivity index (χ1) is 7.15. The molecule has 0 saturated carbocycles. The van der Waals surface area contributed by atoms with Crippen LogP contribution in [0, 0.1) is 11.3 Å². The van der Waals surface area contributed by atoms with Gasteiger partial charge in [-0.15, -0.1) is 0 Å². The van der Waals surface area contributed by atoms with Crippen LogP contribution in [0.2, 0.25) is 0 Å². The zero-order chi connectivity index (χ0) is 11.3. The van der Waals surface area contributed by atoms with Crippen LogP contribution in [0.25, 0.3) is 0 Å². The summed E-state index contributed by atoms with van der Waals surface area (Å²) in [7, 11) is 0. The van der Waals surface area contributed by atoms with E-state index in [-0.39, 0.29) is 6.54 Å². The lowest BCUT2D eigenvalue weighted by Gasteiger charge is -2.10. The lowest BCUT2D eigenvalue weighted by atomic mass is 10.1. The normalized spacial score (nSPS) is 9.33. The van der Waals surface area contributed by atoms with E-state index in [1.807, 2.05) is 18.2 Å². The largest absolute Gasteiger partial charge is 0.375 e. The molecule has 1 amide bonds. The van der Waals surface area contributed by atoms with Crippen molar-refractivity contribution in [2.45, 2.75) is 6.42 Å². The molecule has 0 saturated heterocycles. The Morgan fingerprint density at radius 1 is 1.60 bits per heavy atom. The summed E-state index contributed by atoms with van der Waals surface area (Å²) in [5, 5.41) is 11.5. The van der Waals surface area contributed by atoms with E-state index in [1.165, 1.54) is 0 Å². The molecule has 0 aromatic heterocycles. The number of nitrogens with zero attached hydrogens (tertiary/aromatic N) is 1. The number of nitrogens with two attached hydrogens (primary N) is 1. The van der Waals surface area contributed by atoms with Crippen LogP contribution in [0.15, 0.2) is 22.7 Å². The number of amides is 1. The molecule has 1 aromatic rings. The van der Waals surface area contributed by atoms with Crippen molar-refractivity contribution in [2.24, 2.45) is 5.73 Å². The summed E-state index contributed by atoms with van der Waals surface area (Å²) in [6.07, 6.45) is 0.292. The van der Waals surface area contributed by atoms with E-state index < -0.39 is 5.91 Å². The summed E-state index contributed by atoms with van der Waals surface area (Å²) in [6, 6.07) is 7.57. The van der Waals surface area contributed by atoms with Gasteiger partial charge < -0.3 is 11.1 Å². The lowest BCUT2D eigenvalue weighted by molar-refractivity contribution is -0.116. The predicted octanol–water partition coefficient (Wildman–Crippen LogP) is 1.41. The van der Waals surface area contributed by atoms with E-state index in [4.69, 9.17) is 11.0 Å². The molecular formula is C10H10BrN3O. The molecule has 1 aromatic carbocycles. The van der Waals surface area contributed by atoms with Crippen molar-refractivity contribution in [3.8, 4) is 6.07 Å². The van der Waals surface area contributed by atoms with Crippen LogP contribution < -0.4 is 11.1 Å². The van der Waals surface area contributed by atoms with E-state index >= 15 is 0 Å². The third-order valence-electron chi connectivity index (χ3n) is 1.81. The molecule has 78 valence electrons. The highest BCUT2D eigenvalue weighted by Gasteiger charge is 2.06. The number of nitriles is 1.